The zero-order valence-corrected chi connectivity index (χ0v) is 14.6. The molecule has 0 saturated heterocycles. The predicted molar refractivity (Wildman–Crippen MR) is 85.8 cm³/mol. The molecule has 1 amide bonds. The normalized spacial score (nSPS) is 14.2. The molecule has 0 aliphatic rings. The third kappa shape index (κ3) is 7.88. The van der Waals surface area contributed by atoms with Crippen LogP contribution in [0.2, 0.25) is 0 Å². The van der Waals surface area contributed by atoms with Crippen molar-refractivity contribution in [3.05, 3.63) is 0 Å². The number of hydrogen-bond donors (Lipinski definition) is 1. The van der Waals surface area contributed by atoms with E-state index >= 15 is 0 Å². The van der Waals surface area contributed by atoms with Crippen molar-refractivity contribution >= 4 is 5.91 Å². The van der Waals surface area contributed by atoms with Crippen molar-refractivity contribution in [2.75, 3.05) is 13.2 Å². The standard InChI is InChI=1S/C17H35NO2/c1-8-11-16(4,5)13-17(6,7)15(19)18-12-10-14(3)20-9-2/h14H,8-13H2,1-7H3,(H,18,19). The highest BCUT2D eigenvalue weighted by Gasteiger charge is 2.33. The zero-order chi connectivity index (χ0) is 15.8. The smallest absolute Gasteiger partial charge is 0.225 e. The Morgan fingerprint density at radius 1 is 1.20 bits per heavy atom. The molecule has 0 fully saturated rings. The average molecular weight is 285 g/mol. The number of carbonyl (C=O) groups is 1. The van der Waals surface area contributed by atoms with Gasteiger partial charge in [0.15, 0.2) is 0 Å². The van der Waals surface area contributed by atoms with Gasteiger partial charge in [-0.15, -0.1) is 0 Å². The summed E-state index contributed by atoms with van der Waals surface area (Å²) >= 11 is 0. The average Bonchev–Trinajstić information content (AvgIpc) is 2.27. The van der Waals surface area contributed by atoms with Gasteiger partial charge in [0, 0.05) is 18.6 Å². The lowest BCUT2D eigenvalue weighted by Gasteiger charge is -2.34. The van der Waals surface area contributed by atoms with Gasteiger partial charge in [-0.2, -0.15) is 0 Å². The molecule has 0 aliphatic heterocycles. The van der Waals surface area contributed by atoms with Gasteiger partial charge < -0.3 is 10.1 Å². The number of carbonyl (C=O) groups excluding carboxylic acids is 1. The third-order valence-corrected chi connectivity index (χ3v) is 3.75. The van der Waals surface area contributed by atoms with Gasteiger partial charge in [0.1, 0.15) is 0 Å². The Balaban J connectivity index is 4.24. The fourth-order valence-electron chi connectivity index (χ4n) is 3.04. The Bertz CT molecular complexity index is 285. The summed E-state index contributed by atoms with van der Waals surface area (Å²) in [5, 5.41) is 3.06. The summed E-state index contributed by atoms with van der Waals surface area (Å²) in [5.41, 5.74) is -0.0955. The fraction of sp³-hybridized carbons (Fsp3) is 0.941. The molecule has 0 aromatic heterocycles. The van der Waals surface area contributed by atoms with Crippen LogP contribution in [-0.2, 0) is 9.53 Å². The summed E-state index contributed by atoms with van der Waals surface area (Å²) in [6.45, 7) is 16.3. The summed E-state index contributed by atoms with van der Waals surface area (Å²) in [4.78, 5) is 12.3. The monoisotopic (exact) mass is 285 g/mol. The van der Waals surface area contributed by atoms with Crippen molar-refractivity contribution in [2.45, 2.75) is 80.3 Å². The lowest BCUT2D eigenvalue weighted by Crippen LogP contribution is -2.40. The molecule has 0 heterocycles. The van der Waals surface area contributed by atoms with Crippen LogP contribution in [0.1, 0.15) is 74.1 Å². The minimum absolute atomic E-state index is 0.158. The molecule has 0 aromatic rings. The molecule has 1 unspecified atom stereocenters. The van der Waals surface area contributed by atoms with E-state index in [0.717, 1.165) is 32.3 Å². The first-order chi connectivity index (χ1) is 9.14. The molecule has 0 spiro atoms. The molecular formula is C17H35NO2. The van der Waals surface area contributed by atoms with Gasteiger partial charge in [-0.3, -0.25) is 4.79 Å². The lowest BCUT2D eigenvalue weighted by atomic mass is 9.72. The van der Waals surface area contributed by atoms with Crippen molar-refractivity contribution in [3.63, 3.8) is 0 Å². The molecule has 0 aliphatic carbocycles. The van der Waals surface area contributed by atoms with Crippen LogP contribution in [0.5, 0.6) is 0 Å². The van der Waals surface area contributed by atoms with Gasteiger partial charge in [-0.05, 0) is 38.5 Å². The van der Waals surface area contributed by atoms with E-state index in [0.29, 0.717) is 6.54 Å². The maximum Gasteiger partial charge on any atom is 0.225 e. The lowest BCUT2D eigenvalue weighted by molar-refractivity contribution is -0.131. The first kappa shape index (κ1) is 19.4. The highest BCUT2D eigenvalue weighted by atomic mass is 16.5. The minimum Gasteiger partial charge on any atom is -0.379 e. The Labute approximate surface area is 125 Å². The topological polar surface area (TPSA) is 38.3 Å². The van der Waals surface area contributed by atoms with Gasteiger partial charge in [0.2, 0.25) is 5.91 Å². The second kappa shape index (κ2) is 8.66. The second-order valence-electron chi connectivity index (χ2n) is 7.29. The SMILES string of the molecule is CCCC(C)(C)CC(C)(C)C(=O)NCCC(C)OCC. The maximum atomic E-state index is 12.3. The summed E-state index contributed by atoms with van der Waals surface area (Å²) in [5.74, 6) is 0.158. The van der Waals surface area contributed by atoms with Crippen LogP contribution in [0, 0.1) is 10.8 Å². The molecule has 0 bridgehead atoms. The van der Waals surface area contributed by atoms with Crippen LogP contribution in [0.15, 0.2) is 0 Å². The van der Waals surface area contributed by atoms with E-state index in [-0.39, 0.29) is 22.8 Å². The maximum absolute atomic E-state index is 12.3. The summed E-state index contributed by atoms with van der Waals surface area (Å²) < 4.78 is 5.47. The van der Waals surface area contributed by atoms with E-state index in [1.54, 1.807) is 0 Å². The van der Waals surface area contributed by atoms with Gasteiger partial charge in [-0.1, -0.05) is 41.0 Å². The number of nitrogens with one attached hydrogen (secondary N) is 1. The molecule has 0 aromatic carbocycles. The molecule has 0 saturated carbocycles. The Morgan fingerprint density at radius 3 is 2.30 bits per heavy atom. The highest BCUT2D eigenvalue weighted by molar-refractivity contribution is 5.81. The number of amides is 1. The summed E-state index contributed by atoms with van der Waals surface area (Å²) in [6, 6.07) is 0. The number of rotatable bonds is 10. The molecule has 0 rings (SSSR count). The Kier molecular flexibility index (Phi) is 8.41. The molecule has 0 radical (unpaired) electrons. The predicted octanol–water partition coefficient (Wildman–Crippen LogP) is 4.16. The second-order valence-corrected chi connectivity index (χ2v) is 7.29. The van der Waals surface area contributed by atoms with Crippen molar-refractivity contribution in [2.24, 2.45) is 10.8 Å². The first-order valence-electron chi connectivity index (χ1n) is 8.04. The van der Waals surface area contributed by atoms with Crippen LogP contribution in [0.3, 0.4) is 0 Å². The molecule has 1 N–H and O–H groups in total. The van der Waals surface area contributed by atoms with Crippen LogP contribution in [0.25, 0.3) is 0 Å². The van der Waals surface area contributed by atoms with E-state index in [9.17, 15) is 4.79 Å². The largest absolute Gasteiger partial charge is 0.379 e. The van der Waals surface area contributed by atoms with E-state index in [2.05, 4.69) is 26.1 Å². The van der Waals surface area contributed by atoms with Crippen LogP contribution >= 0.6 is 0 Å². The van der Waals surface area contributed by atoms with Crippen molar-refractivity contribution < 1.29 is 9.53 Å². The van der Waals surface area contributed by atoms with Crippen molar-refractivity contribution in [3.8, 4) is 0 Å². The van der Waals surface area contributed by atoms with Crippen molar-refractivity contribution in [1.82, 2.24) is 5.32 Å². The van der Waals surface area contributed by atoms with Crippen molar-refractivity contribution in [1.29, 1.82) is 0 Å². The van der Waals surface area contributed by atoms with Gasteiger partial charge in [0.05, 0.1) is 6.10 Å². The zero-order valence-electron chi connectivity index (χ0n) is 14.6. The quantitative estimate of drug-likeness (QED) is 0.654. The molecule has 3 nitrogen and oxygen atoms in total. The number of hydrogen-bond acceptors (Lipinski definition) is 2. The van der Waals surface area contributed by atoms with Gasteiger partial charge >= 0.3 is 0 Å². The summed E-state index contributed by atoms with van der Waals surface area (Å²) in [6.07, 6.45) is 4.32. The van der Waals surface area contributed by atoms with E-state index in [4.69, 9.17) is 4.74 Å². The van der Waals surface area contributed by atoms with Gasteiger partial charge in [0.25, 0.3) is 0 Å². The van der Waals surface area contributed by atoms with Crippen LogP contribution < -0.4 is 5.32 Å². The number of ether oxygens (including phenoxy) is 1. The summed E-state index contributed by atoms with van der Waals surface area (Å²) in [7, 11) is 0. The highest BCUT2D eigenvalue weighted by Crippen LogP contribution is 2.37. The third-order valence-electron chi connectivity index (χ3n) is 3.75. The molecule has 20 heavy (non-hydrogen) atoms. The van der Waals surface area contributed by atoms with E-state index in [1.807, 2.05) is 27.7 Å². The van der Waals surface area contributed by atoms with Crippen LogP contribution in [0.4, 0.5) is 0 Å². The molecule has 3 heteroatoms. The van der Waals surface area contributed by atoms with Crippen LogP contribution in [-0.4, -0.2) is 25.2 Å². The Morgan fingerprint density at radius 2 is 1.80 bits per heavy atom. The molecular weight excluding hydrogens is 250 g/mol. The fourth-order valence-corrected chi connectivity index (χ4v) is 3.04. The van der Waals surface area contributed by atoms with E-state index < -0.39 is 0 Å². The van der Waals surface area contributed by atoms with E-state index in [1.165, 1.54) is 0 Å². The van der Waals surface area contributed by atoms with Gasteiger partial charge in [-0.25, -0.2) is 0 Å². The molecule has 1 atom stereocenters. The first-order valence-corrected chi connectivity index (χ1v) is 8.04. The Hall–Kier alpha value is -0.570. The molecule has 120 valence electrons. The minimum atomic E-state index is -0.312.